The maximum Gasteiger partial charge on any atom is 0.136 e. The summed E-state index contributed by atoms with van der Waals surface area (Å²) in [4.78, 5) is 0. The van der Waals surface area contributed by atoms with Gasteiger partial charge in [0.2, 0.25) is 0 Å². The first-order valence-electron chi connectivity index (χ1n) is 5.82. The molecule has 0 aliphatic carbocycles. The standard InChI is InChI=1S/C13H17N3S/c1-4-11-15-16-12(17-11)8-14-13-9(2)6-5-7-10(13)3/h5-7,14H,4,8H2,1-3H3. The Hall–Kier alpha value is -1.42. The smallest absolute Gasteiger partial charge is 0.136 e. The fourth-order valence-corrected chi connectivity index (χ4v) is 2.48. The van der Waals surface area contributed by atoms with Crippen LogP contribution in [0.25, 0.3) is 0 Å². The van der Waals surface area contributed by atoms with Gasteiger partial charge in [-0.15, -0.1) is 10.2 Å². The summed E-state index contributed by atoms with van der Waals surface area (Å²) in [5.41, 5.74) is 3.75. The van der Waals surface area contributed by atoms with Gasteiger partial charge in [0.1, 0.15) is 10.0 Å². The lowest BCUT2D eigenvalue weighted by atomic mass is 10.1. The normalized spacial score (nSPS) is 10.5. The predicted octanol–water partition coefficient (Wildman–Crippen LogP) is 3.33. The van der Waals surface area contributed by atoms with Crippen LogP contribution in [0.15, 0.2) is 18.2 Å². The molecule has 1 aromatic carbocycles. The molecule has 1 heterocycles. The fourth-order valence-electron chi connectivity index (χ4n) is 1.76. The molecule has 17 heavy (non-hydrogen) atoms. The molecule has 0 spiro atoms. The molecule has 0 amide bonds. The van der Waals surface area contributed by atoms with E-state index >= 15 is 0 Å². The highest BCUT2D eigenvalue weighted by atomic mass is 32.1. The van der Waals surface area contributed by atoms with Gasteiger partial charge in [-0.2, -0.15) is 0 Å². The molecule has 0 atom stereocenters. The summed E-state index contributed by atoms with van der Waals surface area (Å²) in [7, 11) is 0. The highest BCUT2D eigenvalue weighted by Gasteiger charge is 2.05. The zero-order valence-corrected chi connectivity index (χ0v) is 11.3. The van der Waals surface area contributed by atoms with Crippen LogP contribution in [0, 0.1) is 13.8 Å². The molecule has 4 heteroatoms. The zero-order chi connectivity index (χ0) is 12.3. The summed E-state index contributed by atoms with van der Waals surface area (Å²) in [5, 5.41) is 13.9. The maximum absolute atomic E-state index is 4.17. The predicted molar refractivity (Wildman–Crippen MR) is 72.5 cm³/mol. The lowest BCUT2D eigenvalue weighted by Gasteiger charge is -2.10. The van der Waals surface area contributed by atoms with Gasteiger partial charge >= 0.3 is 0 Å². The van der Waals surface area contributed by atoms with E-state index in [0.717, 1.165) is 23.0 Å². The third-order valence-electron chi connectivity index (χ3n) is 2.71. The molecule has 0 aliphatic rings. The van der Waals surface area contributed by atoms with E-state index < -0.39 is 0 Å². The Bertz CT molecular complexity index is 485. The second-order valence-corrected chi connectivity index (χ2v) is 5.21. The van der Waals surface area contributed by atoms with Crippen molar-refractivity contribution in [3.63, 3.8) is 0 Å². The van der Waals surface area contributed by atoms with Crippen molar-refractivity contribution < 1.29 is 0 Å². The summed E-state index contributed by atoms with van der Waals surface area (Å²) in [6, 6.07) is 6.32. The Labute approximate surface area is 106 Å². The molecule has 2 aromatic rings. The average molecular weight is 247 g/mol. The molecule has 0 fully saturated rings. The van der Waals surface area contributed by atoms with Crippen molar-refractivity contribution in [2.75, 3.05) is 5.32 Å². The number of hydrogen-bond donors (Lipinski definition) is 1. The second kappa shape index (κ2) is 5.27. The van der Waals surface area contributed by atoms with Crippen molar-refractivity contribution in [2.24, 2.45) is 0 Å². The van der Waals surface area contributed by atoms with E-state index in [1.165, 1.54) is 16.8 Å². The monoisotopic (exact) mass is 247 g/mol. The minimum absolute atomic E-state index is 0.753. The van der Waals surface area contributed by atoms with Gasteiger partial charge < -0.3 is 5.32 Å². The van der Waals surface area contributed by atoms with E-state index in [4.69, 9.17) is 0 Å². The van der Waals surface area contributed by atoms with E-state index in [9.17, 15) is 0 Å². The average Bonchev–Trinajstić information content (AvgIpc) is 2.76. The Balaban J connectivity index is 2.07. The zero-order valence-electron chi connectivity index (χ0n) is 10.4. The molecule has 1 N–H and O–H groups in total. The van der Waals surface area contributed by atoms with E-state index in [-0.39, 0.29) is 0 Å². The van der Waals surface area contributed by atoms with Crippen LogP contribution >= 0.6 is 11.3 Å². The minimum atomic E-state index is 0.753. The molecular weight excluding hydrogens is 230 g/mol. The third-order valence-corrected chi connectivity index (χ3v) is 3.78. The highest BCUT2D eigenvalue weighted by molar-refractivity contribution is 7.11. The number of para-hydroxylation sites is 1. The van der Waals surface area contributed by atoms with Crippen molar-refractivity contribution in [3.05, 3.63) is 39.3 Å². The van der Waals surface area contributed by atoms with Crippen LogP contribution in [-0.4, -0.2) is 10.2 Å². The van der Waals surface area contributed by atoms with Gasteiger partial charge in [-0.1, -0.05) is 36.5 Å². The van der Waals surface area contributed by atoms with Crippen molar-refractivity contribution in [3.8, 4) is 0 Å². The quantitative estimate of drug-likeness (QED) is 0.900. The van der Waals surface area contributed by atoms with Gasteiger partial charge in [0.15, 0.2) is 0 Å². The number of aryl methyl sites for hydroxylation is 3. The van der Waals surface area contributed by atoms with Crippen LogP contribution in [0.4, 0.5) is 5.69 Å². The van der Waals surface area contributed by atoms with E-state index in [1.54, 1.807) is 11.3 Å². The topological polar surface area (TPSA) is 37.8 Å². The molecule has 90 valence electrons. The lowest BCUT2D eigenvalue weighted by molar-refractivity contribution is 0.938. The Morgan fingerprint density at radius 1 is 1.12 bits per heavy atom. The molecular formula is C13H17N3S. The molecule has 0 saturated heterocycles. The summed E-state index contributed by atoms with van der Waals surface area (Å²) in [6.45, 7) is 7.09. The van der Waals surface area contributed by atoms with Gasteiger partial charge in [-0.25, -0.2) is 0 Å². The van der Waals surface area contributed by atoms with Gasteiger partial charge in [-0.3, -0.25) is 0 Å². The fraction of sp³-hybridized carbons (Fsp3) is 0.385. The van der Waals surface area contributed by atoms with Crippen molar-refractivity contribution >= 4 is 17.0 Å². The summed E-state index contributed by atoms with van der Waals surface area (Å²) >= 11 is 1.68. The van der Waals surface area contributed by atoms with Crippen LogP contribution in [-0.2, 0) is 13.0 Å². The van der Waals surface area contributed by atoms with E-state index in [0.29, 0.717) is 0 Å². The minimum Gasteiger partial charge on any atom is -0.378 e. The number of nitrogens with one attached hydrogen (secondary N) is 1. The number of aromatic nitrogens is 2. The Morgan fingerprint density at radius 2 is 1.76 bits per heavy atom. The largest absolute Gasteiger partial charge is 0.378 e. The highest BCUT2D eigenvalue weighted by Crippen LogP contribution is 2.21. The first kappa shape index (κ1) is 12.0. The van der Waals surface area contributed by atoms with Gasteiger partial charge in [0.25, 0.3) is 0 Å². The SMILES string of the molecule is CCc1nnc(CNc2c(C)cccc2C)s1. The van der Waals surface area contributed by atoms with Crippen molar-refractivity contribution in [1.29, 1.82) is 0 Å². The Kier molecular flexibility index (Phi) is 3.74. The van der Waals surface area contributed by atoms with Gasteiger partial charge in [0.05, 0.1) is 6.54 Å². The lowest BCUT2D eigenvalue weighted by Crippen LogP contribution is -2.02. The molecule has 0 radical (unpaired) electrons. The van der Waals surface area contributed by atoms with Crippen LogP contribution in [0.1, 0.15) is 28.1 Å². The van der Waals surface area contributed by atoms with Crippen molar-refractivity contribution in [1.82, 2.24) is 10.2 Å². The van der Waals surface area contributed by atoms with Gasteiger partial charge in [-0.05, 0) is 31.4 Å². The van der Waals surface area contributed by atoms with E-state index in [1.807, 2.05) is 0 Å². The number of benzene rings is 1. The molecule has 0 aliphatic heterocycles. The van der Waals surface area contributed by atoms with Crippen LogP contribution < -0.4 is 5.32 Å². The number of hydrogen-bond acceptors (Lipinski definition) is 4. The number of anilines is 1. The third kappa shape index (κ3) is 2.82. The van der Waals surface area contributed by atoms with Crippen LogP contribution in [0.5, 0.6) is 0 Å². The molecule has 2 rings (SSSR count). The molecule has 0 unspecified atom stereocenters. The molecule has 1 aromatic heterocycles. The van der Waals surface area contributed by atoms with Crippen molar-refractivity contribution in [2.45, 2.75) is 33.7 Å². The Morgan fingerprint density at radius 3 is 2.35 bits per heavy atom. The molecule has 0 bridgehead atoms. The van der Waals surface area contributed by atoms with Gasteiger partial charge in [0, 0.05) is 5.69 Å². The maximum atomic E-state index is 4.17. The summed E-state index contributed by atoms with van der Waals surface area (Å²) in [5.74, 6) is 0. The molecule has 3 nitrogen and oxygen atoms in total. The summed E-state index contributed by atoms with van der Waals surface area (Å²) in [6.07, 6.45) is 0.959. The summed E-state index contributed by atoms with van der Waals surface area (Å²) < 4.78 is 0. The first-order valence-corrected chi connectivity index (χ1v) is 6.63. The first-order chi connectivity index (χ1) is 8.20. The van der Waals surface area contributed by atoms with E-state index in [2.05, 4.69) is 54.5 Å². The molecule has 0 saturated carbocycles. The number of nitrogens with zero attached hydrogens (tertiary/aromatic N) is 2. The van der Waals surface area contributed by atoms with Crippen LogP contribution in [0.3, 0.4) is 0 Å². The van der Waals surface area contributed by atoms with Crippen LogP contribution in [0.2, 0.25) is 0 Å². The second-order valence-electron chi connectivity index (χ2n) is 4.06. The number of rotatable bonds is 4.